The van der Waals surface area contributed by atoms with E-state index in [1.807, 2.05) is 38.1 Å². The summed E-state index contributed by atoms with van der Waals surface area (Å²) in [5.41, 5.74) is 2.48. The quantitative estimate of drug-likeness (QED) is 0.789. The first kappa shape index (κ1) is 17.2. The number of hydrogen-bond donors (Lipinski definition) is 0. The lowest BCUT2D eigenvalue weighted by Crippen LogP contribution is -2.46. The van der Waals surface area contributed by atoms with Gasteiger partial charge in [-0.1, -0.05) is 60.7 Å². The van der Waals surface area contributed by atoms with Crippen LogP contribution in [0.5, 0.6) is 0 Å². The summed E-state index contributed by atoms with van der Waals surface area (Å²) in [6, 6.07) is 20.7. The highest BCUT2D eigenvalue weighted by Gasteiger charge is 2.35. The molecule has 0 spiro atoms. The van der Waals surface area contributed by atoms with Crippen molar-refractivity contribution in [3.8, 4) is 0 Å². The lowest BCUT2D eigenvalue weighted by atomic mass is 10.0. The molecule has 0 aromatic heterocycles. The lowest BCUT2D eigenvalue weighted by molar-refractivity contribution is -0.305. The standard InChI is InChI=1S/C21H26O3/c1-21(2)23-19(13-17-9-5-3-6-10-17)14-20(24-21)16-22-15-18-11-7-4-8-12-18/h3-12,19-20H,13-16H2,1-2H3/t19-,20-/m0/s1. The minimum absolute atomic E-state index is 0.0613. The maximum atomic E-state index is 6.09. The minimum Gasteiger partial charge on any atom is -0.374 e. The van der Waals surface area contributed by atoms with E-state index in [9.17, 15) is 0 Å². The van der Waals surface area contributed by atoms with Crippen LogP contribution in [0.2, 0.25) is 0 Å². The normalized spacial score (nSPS) is 23.1. The molecular weight excluding hydrogens is 300 g/mol. The van der Waals surface area contributed by atoms with Gasteiger partial charge in [0.25, 0.3) is 0 Å². The van der Waals surface area contributed by atoms with Gasteiger partial charge >= 0.3 is 0 Å². The van der Waals surface area contributed by atoms with Crippen LogP contribution in [0.1, 0.15) is 31.4 Å². The topological polar surface area (TPSA) is 27.7 Å². The summed E-state index contributed by atoms with van der Waals surface area (Å²) < 4.78 is 18.0. The van der Waals surface area contributed by atoms with E-state index in [-0.39, 0.29) is 12.2 Å². The van der Waals surface area contributed by atoms with Gasteiger partial charge < -0.3 is 14.2 Å². The van der Waals surface area contributed by atoms with Crippen molar-refractivity contribution in [1.82, 2.24) is 0 Å². The molecule has 24 heavy (non-hydrogen) atoms. The summed E-state index contributed by atoms with van der Waals surface area (Å²) in [5.74, 6) is -0.571. The van der Waals surface area contributed by atoms with Crippen LogP contribution in [0.25, 0.3) is 0 Å². The molecule has 1 fully saturated rings. The van der Waals surface area contributed by atoms with Crippen LogP contribution in [0.15, 0.2) is 60.7 Å². The molecule has 1 saturated heterocycles. The van der Waals surface area contributed by atoms with Crippen molar-refractivity contribution in [3.05, 3.63) is 71.8 Å². The van der Waals surface area contributed by atoms with E-state index in [4.69, 9.17) is 14.2 Å². The molecule has 0 bridgehead atoms. The van der Waals surface area contributed by atoms with Crippen molar-refractivity contribution in [2.24, 2.45) is 0 Å². The van der Waals surface area contributed by atoms with Gasteiger partial charge in [-0.3, -0.25) is 0 Å². The lowest BCUT2D eigenvalue weighted by Gasteiger charge is -2.40. The molecule has 1 aliphatic rings. The SMILES string of the molecule is CC1(C)O[C@H](COCc2ccccc2)C[C@H](Cc2ccccc2)O1. The molecule has 128 valence electrons. The third-order valence-electron chi connectivity index (χ3n) is 4.15. The zero-order chi connectivity index (χ0) is 16.8. The Balaban J connectivity index is 1.53. The van der Waals surface area contributed by atoms with Gasteiger partial charge in [-0.2, -0.15) is 0 Å². The Kier molecular flexibility index (Phi) is 5.67. The summed E-state index contributed by atoms with van der Waals surface area (Å²) >= 11 is 0. The number of benzene rings is 2. The summed E-state index contributed by atoms with van der Waals surface area (Å²) in [5, 5.41) is 0. The first-order valence-corrected chi connectivity index (χ1v) is 8.62. The van der Waals surface area contributed by atoms with Crippen LogP contribution in [-0.2, 0) is 27.2 Å². The van der Waals surface area contributed by atoms with Crippen LogP contribution >= 0.6 is 0 Å². The van der Waals surface area contributed by atoms with Gasteiger partial charge in [0.2, 0.25) is 0 Å². The molecule has 0 amide bonds. The zero-order valence-corrected chi connectivity index (χ0v) is 14.5. The average molecular weight is 326 g/mol. The Labute approximate surface area is 144 Å². The number of rotatable bonds is 6. The minimum atomic E-state index is -0.571. The molecule has 3 nitrogen and oxygen atoms in total. The van der Waals surface area contributed by atoms with Crippen LogP contribution in [0.4, 0.5) is 0 Å². The molecule has 0 aliphatic carbocycles. The van der Waals surface area contributed by atoms with Gasteiger partial charge in [-0.05, 0) is 31.4 Å². The fourth-order valence-corrected chi connectivity index (χ4v) is 3.21. The van der Waals surface area contributed by atoms with E-state index >= 15 is 0 Å². The van der Waals surface area contributed by atoms with Gasteiger partial charge in [0, 0.05) is 6.42 Å². The Bertz CT molecular complexity index is 609. The highest BCUT2D eigenvalue weighted by Crippen LogP contribution is 2.29. The van der Waals surface area contributed by atoms with E-state index in [0.29, 0.717) is 13.2 Å². The monoisotopic (exact) mass is 326 g/mol. The predicted molar refractivity (Wildman–Crippen MR) is 94.7 cm³/mol. The molecule has 0 unspecified atom stereocenters. The Morgan fingerprint density at radius 2 is 1.46 bits per heavy atom. The second kappa shape index (κ2) is 7.93. The molecule has 1 heterocycles. The molecule has 1 aliphatic heterocycles. The average Bonchev–Trinajstić information content (AvgIpc) is 2.55. The van der Waals surface area contributed by atoms with Gasteiger partial charge in [-0.25, -0.2) is 0 Å². The Morgan fingerprint density at radius 3 is 2.12 bits per heavy atom. The molecule has 2 atom stereocenters. The second-order valence-electron chi connectivity index (χ2n) is 6.81. The largest absolute Gasteiger partial charge is 0.374 e. The Morgan fingerprint density at radius 1 is 0.875 bits per heavy atom. The van der Waals surface area contributed by atoms with Crippen LogP contribution in [0.3, 0.4) is 0 Å². The van der Waals surface area contributed by atoms with Crippen LogP contribution in [0, 0.1) is 0 Å². The first-order valence-electron chi connectivity index (χ1n) is 8.62. The summed E-state index contributed by atoms with van der Waals surface area (Å²) in [4.78, 5) is 0. The summed E-state index contributed by atoms with van der Waals surface area (Å²) in [6.07, 6.45) is 1.98. The maximum Gasteiger partial charge on any atom is 0.163 e. The van der Waals surface area contributed by atoms with Crippen molar-refractivity contribution < 1.29 is 14.2 Å². The Hall–Kier alpha value is -1.68. The molecule has 0 N–H and O–H groups in total. The molecule has 2 aromatic rings. The number of hydrogen-bond acceptors (Lipinski definition) is 3. The van der Waals surface area contributed by atoms with Crippen LogP contribution in [-0.4, -0.2) is 24.6 Å². The van der Waals surface area contributed by atoms with Gasteiger partial charge in [0.15, 0.2) is 5.79 Å². The van der Waals surface area contributed by atoms with E-state index in [1.165, 1.54) is 11.1 Å². The van der Waals surface area contributed by atoms with E-state index < -0.39 is 5.79 Å². The first-order chi connectivity index (χ1) is 11.6. The fourth-order valence-electron chi connectivity index (χ4n) is 3.21. The highest BCUT2D eigenvalue weighted by atomic mass is 16.7. The van der Waals surface area contributed by atoms with Crippen molar-refractivity contribution >= 4 is 0 Å². The second-order valence-corrected chi connectivity index (χ2v) is 6.81. The van der Waals surface area contributed by atoms with Gasteiger partial charge in [-0.15, -0.1) is 0 Å². The fraction of sp³-hybridized carbons (Fsp3) is 0.429. The van der Waals surface area contributed by atoms with E-state index in [1.54, 1.807) is 0 Å². The van der Waals surface area contributed by atoms with Crippen molar-refractivity contribution in [1.29, 1.82) is 0 Å². The molecule has 3 heteroatoms. The van der Waals surface area contributed by atoms with Gasteiger partial charge in [0.05, 0.1) is 25.4 Å². The molecule has 0 saturated carbocycles. The molecule has 2 aromatic carbocycles. The predicted octanol–water partition coefficient (Wildman–Crippen LogP) is 4.36. The third kappa shape index (κ3) is 5.17. The highest BCUT2D eigenvalue weighted by molar-refractivity contribution is 5.16. The molecular formula is C21H26O3. The molecule has 0 radical (unpaired) electrons. The summed E-state index contributed by atoms with van der Waals surface area (Å²) in [7, 11) is 0. The van der Waals surface area contributed by atoms with Crippen molar-refractivity contribution in [2.75, 3.05) is 6.61 Å². The molecule has 3 rings (SSSR count). The zero-order valence-electron chi connectivity index (χ0n) is 14.5. The maximum absolute atomic E-state index is 6.09. The van der Waals surface area contributed by atoms with Crippen molar-refractivity contribution in [3.63, 3.8) is 0 Å². The van der Waals surface area contributed by atoms with E-state index in [2.05, 4.69) is 36.4 Å². The smallest absolute Gasteiger partial charge is 0.163 e. The van der Waals surface area contributed by atoms with Gasteiger partial charge in [0.1, 0.15) is 0 Å². The van der Waals surface area contributed by atoms with Crippen molar-refractivity contribution in [2.45, 2.75) is 51.3 Å². The summed E-state index contributed by atoms with van der Waals surface area (Å²) in [6.45, 7) is 5.17. The van der Waals surface area contributed by atoms with Crippen LogP contribution < -0.4 is 0 Å². The number of ether oxygens (including phenoxy) is 3. The third-order valence-corrected chi connectivity index (χ3v) is 4.15. The van der Waals surface area contributed by atoms with E-state index in [0.717, 1.165) is 12.8 Å².